The molecule has 1 heterocycles. The van der Waals surface area contributed by atoms with E-state index in [1.807, 2.05) is 0 Å². The van der Waals surface area contributed by atoms with Crippen LogP contribution >= 0.6 is 0 Å². The van der Waals surface area contributed by atoms with Crippen LogP contribution < -0.4 is 10.6 Å². The maximum absolute atomic E-state index is 11.5. The summed E-state index contributed by atoms with van der Waals surface area (Å²) in [6, 6.07) is -0.153. The fourth-order valence-electron chi connectivity index (χ4n) is 2.61. The number of rotatable bonds is 6. The van der Waals surface area contributed by atoms with Crippen LogP contribution in [0, 0.1) is 0 Å². The molecule has 5 nitrogen and oxygen atoms in total. The molecule has 0 bridgehead atoms. The fourth-order valence-corrected chi connectivity index (χ4v) is 2.61. The zero-order valence-electron chi connectivity index (χ0n) is 10.9. The van der Waals surface area contributed by atoms with Crippen molar-refractivity contribution in [2.45, 2.75) is 56.8 Å². The first kappa shape index (κ1) is 13.8. The molecule has 0 aromatic rings. The SMILES string of the molecule is O=C1NCCCC1NCC(O)COC1CCCC1. The van der Waals surface area contributed by atoms with Crippen molar-refractivity contribution in [1.82, 2.24) is 10.6 Å². The summed E-state index contributed by atoms with van der Waals surface area (Å²) in [6.07, 6.45) is 6.36. The molecular formula is C13H24N2O3. The van der Waals surface area contributed by atoms with E-state index in [1.54, 1.807) is 0 Å². The van der Waals surface area contributed by atoms with Crippen LogP contribution in [-0.2, 0) is 9.53 Å². The van der Waals surface area contributed by atoms with Gasteiger partial charge in [-0.2, -0.15) is 0 Å². The first-order chi connectivity index (χ1) is 8.75. The van der Waals surface area contributed by atoms with Crippen LogP contribution in [-0.4, -0.2) is 49.0 Å². The minimum Gasteiger partial charge on any atom is -0.389 e. The Morgan fingerprint density at radius 1 is 1.33 bits per heavy atom. The lowest BCUT2D eigenvalue weighted by atomic mass is 10.1. The third kappa shape index (κ3) is 4.23. The quantitative estimate of drug-likeness (QED) is 0.634. The van der Waals surface area contributed by atoms with Gasteiger partial charge < -0.3 is 20.5 Å². The maximum atomic E-state index is 11.5. The van der Waals surface area contributed by atoms with E-state index in [0.29, 0.717) is 19.3 Å². The molecule has 2 fully saturated rings. The largest absolute Gasteiger partial charge is 0.389 e. The molecule has 104 valence electrons. The van der Waals surface area contributed by atoms with E-state index in [1.165, 1.54) is 12.8 Å². The zero-order chi connectivity index (χ0) is 12.8. The molecule has 1 aliphatic carbocycles. The van der Waals surface area contributed by atoms with Crippen molar-refractivity contribution in [3.8, 4) is 0 Å². The fraction of sp³-hybridized carbons (Fsp3) is 0.923. The summed E-state index contributed by atoms with van der Waals surface area (Å²) in [5, 5.41) is 15.7. The Balaban J connectivity index is 1.58. The number of carbonyl (C=O) groups excluding carboxylic acids is 1. The third-order valence-corrected chi connectivity index (χ3v) is 3.71. The Bertz CT molecular complexity index is 267. The molecule has 0 aromatic carbocycles. The van der Waals surface area contributed by atoms with Crippen molar-refractivity contribution in [1.29, 1.82) is 0 Å². The second kappa shape index (κ2) is 7.07. The molecule has 18 heavy (non-hydrogen) atoms. The monoisotopic (exact) mass is 256 g/mol. The number of amides is 1. The first-order valence-corrected chi connectivity index (χ1v) is 7.06. The van der Waals surface area contributed by atoms with E-state index < -0.39 is 6.10 Å². The maximum Gasteiger partial charge on any atom is 0.237 e. The Hall–Kier alpha value is -0.650. The van der Waals surface area contributed by atoms with Crippen LogP contribution in [0.25, 0.3) is 0 Å². The number of piperidine rings is 1. The molecular weight excluding hydrogens is 232 g/mol. The summed E-state index contributed by atoms with van der Waals surface area (Å²) in [6.45, 7) is 1.56. The minimum atomic E-state index is -0.527. The Morgan fingerprint density at radius 2 is 2.11 bits per heavy atom. The Morgan fingerprint density at radius 3 is 2.83 bits per heavy atom. The second-order valence-electron chi connectivity index (χ2n) is 5.29. The molecule has 1 saturated carbocycles. The van der Waals surface area contributed by atoms with Crippen molar-refractivity contribution in [2.75, 3.05) is 19.7 Å². The summed E-state index contributed by atoms with van der Waals surface area (Å²) < 4.78 is 5.64. The standard InChI is InChI=1S/C13H24N2O3/c16-10(9-18-11-4-1-2-5-11)8-15-12-6-3-7-14-13(12)17/h10-12,15-16H,1-9H2,(H,14,17). The van der Waals surface area contributed by atoms with Crippen molar-refractivity contribution in [3.63, 3.8) is 0 Å². The molecule has 5 heteroatoms. The number of ether oxygens (including phenoxy) is 1. The molecule has 1 amide bonds. The summed E-state index contributed by atoms with van der Waals surface area (Å²) >= 11 is 0. The lowest BCUT2D eigenvalue weighted by Gasteiger charge is -2.24. The normalized spacial score (nSPS) is 27.2. The molecule has 0 radical (unpaired) electrons. The van der Waals surface area contributed by atoms with Gasteiger partial charge in [0.2, 0.25) is 5.91 Å². The highest BCUT2D eigenvalue weighted by Gasteiger charge is 2.22. The van der Waals surface area contributed by atoms with E-state index in [9.17, 15) is 9.90 Å². The van der Waals surface area contributed by atoms with E-state index >= 15 is 0 Å². The molecule has 2 atom stereocenters. The minimum absolute atomic E-state index is 0.0464. The van der Waals surface area contributed by atoms with Crippen LogP contribution in [0.15, 0.2) is 0 Å². The number of hydrogen-bond acceptors (Lipinski definition) is 4. The van der Waals surface area contributed by atoms with Gasteiger partial charge in [-0.15, -0.1) is 0 Å². The van der Waals surface area contributed by atoms with Gasteiger partial charge in [-0.1, -0.05) is 12.8 Å². The average molecular weight is 256 g/mol. The highest BCUT2D eigenvalue weighted by molar-refractivity contribution is 5.82. The highest BCUT2D eigenvalue weighted by atomic mass is 16.5. The van der Waals surface area contributed by atoms with Crippen LogP contribution in [0.4, 0.5) is 0 Å². The van der Waals surface area contributed by atoms with Gasteiger partial charge in [0, 0.05) is 13.1 Å². The molecule has 1 aliphatic heterocycles. The van der Waals surface area contributed by atoms with E-state index in [0.717, 1.165) is 32.2 Å². The molecule has 1 saturated heterocycles. The van der Waals surface area contributed by atoms with Gasteiger partial charge in [-0.3, -0.25) is 4.79 Å². The molecule has 0 aromatic heterocycles. The van der Waals surface area contributed by atoms with E-state index in [-0.39, 0.29) is 11.9 Å². The van der Waals surface area contributed by atoms with E-state index in [4.69, 9.17) is 4.74 Å². The van der Waals surface area contributed by atoms with Crippen LogP contribution in [0.3, 0.4) is 0 Å². The van der Waals surface area contributed by atoms with Gasteiger partial charge in [-0.05, 0) is 25.7 Å². The first-order valence-electron chi connectivity index (χ1n) is 7.06. The molecule has 2 unspecified atom stereocenters. The number of carbonyl (C=O) groups is 1. The van der Waals surface area contributed by atoms with Crippen molar-refractivity contribution >= 4 is 5.91 Å². The van der Waals surface area contributed by atoms with Crippen molar-refractivity contribution in [3.05, 3.63) is 0 Å². The Kier molecular flexibility index (Phi) is 5.41. The van der Waals surface area contributed by atoms with Gasteiger partial charge in [0.05, 0.1) is 24.9 Å². The third-order valence-electron chi connectivity index (χ3n) is 3.71. The smallest absolute Gasteiger partial charge is 0.237 e. The van der Waals surface area contributed by atoms with E-state index in [2.05, 4.69) is 10.6 Å². The zero-order valence-corrected chi connectivity index (χ0v) is 10.9. The Labute approximate surface area is 108 Å². The highest BCUT2D eigenvalue weighted by Crippen LogP contribution is 2.20. The van der Waals surface area contributed by atoms with Crippen molar-refractivity contribution < 1.29 is 14.6 Å². The summed E-state index contributed by atoms with van der Waals surface area (Å²) in [5.74, 6) is 0.0464. The number of hydrogen-bond donors (Lipinski definition) is 3. The average Bonchev–Trinajstić information content (AvgIpc) is 2.88. The second-order valence-corrected chi connectivity index (χ2v) is 5.29. The van der Waals surface area contributed by atoms with Crippen molar-refractivity contribution in [2.24, 2.45) is 0 Å². The van der Waals surface area contributed by atoms with Crippen LogP contribution in [0.5, 0.6) is 0 Å². The molecule has 2 rings (SSSR count). The topological polar surface area (TPSA) is 70.6 Å². The number of nitrogens with one attached hydrogen (secondary N) is 2. The number of aliphatic hydroxyl groups is 1. The summed E-state index contributed by atoms with van der Waals surface area (Å²) in [5.41, 5.74) is 0. The summed E-state index contributed by atoms with van der Waals surface area (Å²) in [7, 11) is 0. The predicted molar refractivity (Wildman–Crippen MR) is 68.2 cm³/mol. The van der Waals surface area contributed by atoms with Gasteiger partial charge in [0.25, 0.3) is 0 Å². The summed E-state index contributed by atoms with van der Waals surface area (Å²) in [4.78, 5) is 11.5. The molecule has 2 aliphatic rings. The van der Waals surface area contributed by atoms with Crippen LogP contribution in [0.1, 0.15) is 38.5 Å². The molecule has 3 N–H and O–H groups in total. The van der Waals surface area contributed by atoms with Gasteiger partial charge in [0.1, 0.15) is 0 Å². The van der Waals surface area contributed by atoms with Crippen LogP contribution in [0.2, 0.25) is 0 Å². The lowest BCUT2D eigenvalue weighted by molar-refractivity contribution is -0.124. The lowest BCUT2D eigenvalue weighted by Crippen LogP contribution is -2.50. The number of aliphatic hydroxyl groups excluding tert-OH is 1. The van der Waals surface area contributed by atoms with Gasteiger partial charge >= 0.3 is 0 Å². The van der Waals surface area contributed by atoms with Gasteiger partial charge in [-0.25, -0.2) is 0 Å². The predicted octanol–water partition coefficient (Wildman–Crippen LogP) is 0.175. The van der Waals surface area contributed by atoms with Gasteiger partial charge in [0.15, 0.2) is 0 Å². The molecule has 0 spiro atoms.